The summed E-state index contributed by atoms with van der Waals surface area (Å²) in [5.41, 5.74) is 2.97. The average molecular weight is 384 g/mol. The van der Waals surface area contributed by atoms with E-state index in [1.165, 1.54) is 0 Å². The Labute approximate surface area is 162 Å². The fourth-order valence-electron chi connectivity index (χ4n) is 2.56. The largest absolute Gasteiger partial charge is 0.324 e. The van der Waals surface area contributed by atoms with Gasteiger partial charge in [0.05, 0.1) is 0 Å². The van der Waals surface area contributed by atoms with Crippen LogP contribution in [-0.2, 0) is 11.3 Å². The van der Waals surface area contributed by atoms with Gasteiger partial charge in [0.25, 0.3) is 0 Å². The Bertz CT molecular complexity index is 636. The van der Waals surface area contributed by atoms with Crippen LogP contribution in [0.25, 0.3) is 0 Å². The summed E-state index contributed by atoms with van der Waals surface area (Å²) in [5.74, 6) is -0.0261. The van der Waals surface area contributed by atoms with Crippen molar-refractivity contribution in [1.29, 1.82) is 0 Å². The first-order valence-electron chi connectivity index (χ1n) is 7.93. The van der Waals surface area contributed by atoms with Crippen LogP contribution in [0.5, 0.6) is 0 Å². The van der Waals surface area contributed by atoms with E-state index in [1.807, 2.05) is 67.5 Å². The second-order valence-electron chi connectivity index (χ2n) is 5.75. The minimum Gasteiger partial charge on any atom is -0.324 e. The number of likely N-dealkylation sites (N-methyl/N-ethyl adjacent to an activating group) is 1. The van der Waals surface area contributed by atoms with Gasteiger partial charge >= 0.3 is 0 Å². The van der Waals surface area contributed by atoms with E-state index in [9.17, 15) is 4.79 Å². The van der Waals surface area contributed by atoms with Crippen LogP contribution in [0.15, 0.2) is 54.6 Å². The summed E-state index contributed by atoms with van der Waals surface area (Å²) in [6.45, 7) is 3.80. The molecule has 0 saturated carbocycles. The number of nitrogens with zero attached hydrogens (tertiary/aromatic N) is 1. The van der Waals surface area contributed by atoms with Crippen LogP contribution >= 0.6 is 24.8 Å². The van der Waals surface area contributed by atoms with Crippen molar-refractivity contribution in [1.82, 2.24) is 10.2 Å². The van der Waals surface area contributed by atoms with Crippen LogP contribution in [0.4, 0.5) is 5.69 Å². The molecule has 1 atom stereocenters. The minimum absolute atomic E-state index is 0. The molecule has 0 aromatic heterocycles. The van der Waals surface area contributed by atoms with Crippen molar-refractivity contribution in [2.24, 2.45) is 0 Å². The summed E-state index contributed by atoms with van der Waals surface area (Å²) < 4.78 is 0. The van der Waals surface area contributed by atoms with Crippen molar-refractivity contribution in [2.75, 3.05) is 26.0 Å². The van der Waals surface area contributed by atoms with Crippen LogP contribution in [0.3, 0.4) is 0 Å². The molecule has 0 aliphatic carbocycles. The Hall–Kier alpha value is -1.59. The molecule has 0 aliphatic rings. The Balaban J connectivity index is 0.00000288. The minimum atomic E-state index is -0.311. The van der Waals surface area contributed by atoms with Gasteiger partial charge in [-0.1, -0.05) is 49.4 Å². The SMILES string of the molecule is CCNCc1cccc(NC(=O)C(c2ccccc2)N(C)C)c1.Cl.Cl. The molecule has 138 valence electrons. The van der Waals surface area contributed by atoms with Gasteiger partial charge in [-0.2, -0.15) is 0 Å². The lowest BCUT2D eigenvalue weighted by Gasteiger charge is -2.24. The number of benzene rings is 2. The Morgan fingerprint density at radius 1 is 1.04 bits per heavy atom. The molecule has 1 amide bonds. The maximum absolute atomic E-state index is 12.7. The van der Waals surface area contributed by atoms with E-state index in [0.717, 1.165) is 29.9 Å². The summed E-state index contributed by atoms with van der Waals surface area (Å²) in [6.07, 6.45) is 0. The van der Waals surface area contributed by atoms with Crippen LogP contribution in [0.2, 0.25) is 0 Å². The van der Waals surface area contributed by atoms with Crippen molar-refractivity contribution in [3.8, 4) is 0 Å². The molecule has 0 fully saturated rings. The maximum atomic E-state index is 12.7. The number of carbonyl (C=O) groups excluding carboxylic acids is 1. The number of nitrogens with one attached hydrogen (secondary N) is 2. The molecule has 2 rings (SSSR count). The molecule has 2 N–H and O–H groups in total. The molecule has 0 heterocycles. The van der Waals surface area contributed by atoms with Crippen molar-refractivity contribution in [2.45, 2.75) is 19.5 Å². The first kappa shape index (κ1) is 23.4. The molecule has 0 spiro atoms. The Morgan fingerprint density at radius 2 is 1.72 bits per heavy atom. The fourth-order valence-corrected chi connectivity index (χ4v) is 2.56. The van der Waals surface area contributed by atoms with E-state index in [0.29, 0.717) is 0 Å². The molecule has 2 aromatic carbocycles. The van der Waals surface area contributed by atoms with Gasteiger partial charge in [0.1, 0.15) is 6.04 Å². The van der Waals surface area contributed by atoms with Gasteiger partial charge in [0.15, 0.2) is 0 Å². The highest BCUT2D eigenvalue weighted by molar-refractivity contribution is 5.95. The zero-order valence-electron chi connectivity index (χ0n) is 14.9. The van der Waals surface area contributed by atoms with Crippen molar-refractivity contribution < 1.29 is 4.79 Å². The van der Waals surface area contributed by atoms with E-state index in [2.05, 4.69) is 23.6 Å². The van der Waals surface area contributed by atoms with Crippen LogP contribution in [0.1, 0.15) is 24.1 Å². The van der Waals surface area contributed by atoms with Gasteiger partial charge in [-0.15, -0.1) is 24.8 Å². The normalized spacial score (nSPS) is 11.2. The highest BCUT2D eigenvalue weighted by Crippen LogP contribution is 2.20. The van der Waals surface area contributed by atoms with Gasteiger partial charge in [0, 0.05) is 12.2 Å². The second-order valence-corrected chi connectivity index (χ2v) is 5.75. The van der Waals surface area contributed by atoms with Crippen molar-refractivity contribution >= 4 is 36.4 Å². The summed E-state index contributed by atoms with van der Waals surface area (Å²) in [7, 11) is 3.83. The van der Waals surface area contributed by atoms with E-state index in [-0.39, 0.29) is 36.8 Å². The highest BCUT2D eigenvalue weighted by Gasteiger charge is 2.22. The van der Waals surface area contributed by atoms with Crippen LogP contribution in [-0.4, -0.2) is 31.4 Å². The smallest absolute Gasteiger partial charge is 0.246 e. The standard InChI is InChI=1S/C19H25N3O.2ClH/c1-4-20-14-15-9-8-12-17(13-15)21-19(23)18(22(2)3)16-10-6-5-7-11-16;;/h5-13,18,20H,4,14H2,1-3H3,(H,21,23);2*1H. The quantitative estimate of drug-likeness (QED) is 0.762. The zero-order chi connectivity index (χ0) is 16.7. The summed E-state index contributed by atoms with van der Waals surface area (Å²) in [4.78, 5) is 14.6. The topological polar surface area (TPSA) is 44.4 Å². The third-order valence-corrected chi connectivity index (χ3v) is 3.65. The number of rotatable bonds is 7. The van der Waals surface area contributed by atoms with Gasteiger partial charge in [-0.05, 0) is 43.9 Å². The summed E-state index contributed by atoms with van der Waals surface area (Å²) in [5, 5.41) is 6.32. The van der Waals surface area contributed by atoms with Gasteiger partial charge < -0.3 is 10.6 Å². The number of hydrogen-bond donors (Lipinski definition) is 2. The molecular formula is C19H27Cl2N3O. The molecular weight excluding hydrogens is 357 g/mol. The molecule has 25 heavy (non-hydrogen) atoms. The number of anilines is 1. The number of halogens is 2. The van der Waals surface area contributed by atoms with E-state index >= 15 is 0 Å². The molecule has 1 unspecified atom stereocenters. The number of carbonyl (C=O) groups is 1. The first-order chi connectivity index (χ1) is 11.1. The third kappa shape index (κ3) is 7.04. The maximum Gasteiger partial charge on any atom is 0.246 e. The van der Waals surface area contributed by atoms with Gasteiger partial charge in [-0.25, -0.2) is 0 Å². The predicted octanol–water partition coefficient (Wildman–Crippen LogP) is 3.88. The first-order valence-corrected chi connectivity index (χ1v) is 7.93. The molecule has 2 aromatic rings. The lowest BCUT2D eigenvalue weighted by atomic mass is 10.1. The van der Waals surface area contributed by atoms with Gasteiger partial charge in [-0.3, -0.25) is 9.69 Å². The molecule has 0 radical (unpaired) electrons. The lowest BCUT2D eigenvalue weighted by Crippen LogP contribution is -2.32. The zero-order valence-corrected chi connectivity index (χ0v) is 16.5. The number of hydrogen-bond acceptors (Lipinski definition) is 3. The van der Waals surface area contributed by atoms with E-state index in [4.69, 9.17) is 0 Å². The molecule has 6 heteroatoms. The van der Waals surface area contributed by atoms with Crippen molar-refractivity contribution in [3.63, 3.8) is 0 Å². The Morgan fingerprint density at radius 3 is 2.32 bits per heavy atom. The monoisotopic (exact) mass is 383 g/mol. The fraction of sp³-hybridized carbons (Fsp3) is 0.316. The molecule has 0 bridgehead atoms. The predicted molar refractivity (Wildman–Crippen MR) is 110 cm³/mol. The Kier molecular flexibility index (Phi) is 11.1. The molecule has 0 saturated heterocycles. The molecule has 0 aliphatic heterocycles. The second kappa shape index (κ2) is 11.9. The number of amides is 1. The van der Waals surface area contributed by atoms with Gasteiger partial charge in [0.2, 0.25) is 5.91 Å². The van der Waals surface area contributed by atoms with Crippen LogP contribution in [0, 0.1) is 0 Å². The van der Waals surface area contributed by atoms with E-state index < -0.39 is 0 Å². The highest BCUT2D eigenvalue weighted by atomic mass is 35.5. The molecule has 4 nitrogen and oxygen atoms in total. The van der Waals surface area contributed by atoms with Crippen molar-refractivity contribution in [3.05, 3.63) is 65.7 Å². The van der Waals surface area contributed by atoms with E-state index in [1.54, 1.807) is 0 Å². The average Bonchev–Trinajstić information content (AvgIpc) is 2.54. The van der Waals surface area contributed by atoms with Crippen LogP contribution < -0.4 is 10.6 Å². The lowest BCUT2D eigenvalue weighted by molar-refractivity contribution is -0.120. The summed E-state index contributed by atoms with van der Waals surface area (Å²) >= 11 is 0. The summed E-state index contributed by atoms with van der Waals surface area (Å²) in [6, 6.07) is 17.5. The third-order valence-electron chi connectivity index (χ3n) is 3.65.